The van der Waals surface area contributed by atoms with Crippen LogP contribution in [0, 0.1) is 0 Å². The fraction of sp³-hybridized carbons (Fsp3) is 0.500. The van der Waals surface area contributed by atoms with Crippen molar-refractivity contribution in [1.82, 2.24) is 10.2 Å². The summed E-state index contributed by atoms with van der Waals surface area (Å²) in [7, 11) is 1.61. The minimum Gasteiger partial charge on any atom is -0.497 e. The van der Waals surface area contributed by atoms with Gasteiger partial charge in [0.1, 0.15) is 5.75 Å². The molecular weight excluding hydrogens is 322 g/mol. The summed E-state index contributed by atoms with van der Waals surface area (Å²) in [6.07, 6.45) is 1.08. The predicted molar refractivity (Wildman–Crippen MR) is 83.3 cm³/mol. The van der Waals surface area contributed by atoms with E-state index >= 15 is 0 Å². The number of hydrogen-bond donors (Lipinski definition) is 2. The van der Waals surface area contributed by atoms with Crippen LogP contribution in [0.2, 0.25) is 0 Å². The second-order valence-electron chi connectivity index (χ2n) is 4.81. The van der Waals surface area contributed by atoms with Gasteiger partial charge in [0.05, 0.1) is 13.7 Å². The average molecular weight is 342 g/mol. The molecule has 0 aromatic heterocycles. The van der Waals surface area contributed by atoms with Crippen LogP contribution < -0.4 is 15.4 Å². The van der Waals surface area contributed by atoms with Crippen molar-refractivity contribution in [2.75, 3.05) is 45.2 Å². The molecule has 1 heterocycles. The van der Waals surface area contributed by atoms with Crippen molar-refractivity contribution in [3.8, 4) is 5.75 Å². The number of carbonyl (C=O) groups is 1. The molecule has 1 fully saturated rings. The molecule has 0 bridgehead atoms. The molecule has 5 nitrogen and oxygen atoms in total. The topological polar surface area (TPSA) is 53.6 Å². The molecule has 1 aromatic rings. The highest BCUT2D eigenvalue weighted by molar-refractivity contribution is 9.10. The third kappa shape index (κ3) is 4.77. The molecule has 1 saturated heterocycles. The number of halogens is 1. The van der Waals surface area contributed by atoms with Crippen molar-refractivity contribution in [1.29, 1.82) is 0 Å². The van der Waals surface area contributed by atoms with Crippen molar-refractivity contribution in [2.45, 2.75) is 6.42 Å². The van der Waals surface area contributed by atoms with Gasteiger partial charge in [-0.15, -0.1) is 0 Å². The van der Waals surface area contributed by atoms with E-state index in [1.165, 1.54) is 0 Å². The van der Waals surface area contributed by atoms with Gasteiger partial charge in [-0.2, -0.15) is 0 Å². The van der Waals surface area contributed by atoms with Crippen LogP contribution in [0.25, 0.3) is 0 Å². The standard InChI is InChI=1S/C14H20BrN3O2/c1-20-13-8-11(15)7-12(9-13)17-14(19)10-18-5-2-3-16-4-6-18/h7-9,16H,2-6,10H2,1H3,(H,17,19). The second-order valence-corrected chi connectivity index (χ2v) is 5.72. The first kappa shape index (κ1) is 15.3. The number of benzene rings is 1. The number of anilines is 1. The predicted octanol–water partition coefficient (Wildman–Crippen LogP) is 1.69. The maximum Gasteiger partial charge on any atom is 0.238 e. The molecule has 0 spiro atoms. The summed E-state index contributed by atoms with van der Waals surface area (Å²) >= 11 is 3.40. The summed E-state index contributed by atoms with van der Waals surface area (Å²) in [5.41, 5.74) is 0.745. The van der Waals surface area contributed by atoms with E-state index in [0.717, 1.165) is 42.8 Å². The van der Waals surface area contributed by atoms with Gasteiger partial charge in [0.25, 0.3) is 0 Å². The van der Waals surface area contributed by atoms with Crippen LogP contribution in [-0.4, -0.2) is 50.6 Å². The minimum absolute atomic E-state index is 0.00653. The number of ether oxygens (including phenoxy) is 1. The summed E-state index contributed by atoms with van der Waals surface area (Å²) in [4.78, 5) is 14.2. The third-order valence-corrected chi connectivity index (χ3v) is 3.65. The molecular formula is C14H20BrN3O2. The molecule has 1 aromatic carbocycles. The lowest BCUT2D eigenvalue weighted by atomic mass is 10.3. The van der Waals surface area contributed by atoms with E-state index in [-0.39, 0.29) is 5.91 Å². The number of rotatable bonds is 4. The largest absolute Gasteiger partial charge is 0.497 e. The van der Waals surface area contributed by atoms with E-state index in [0.29, 0.717) is 12.3 Å². The first-order chi connectivity index (χ1) is 9.67. The second kappa shape index (κ2) is 7.61. The Morgan fingerprint density at radius 2 is 2.25 bits per heavy atom. The van der Waals surface area contributed by atoms with Crippen LogP contribution in [-0.2, 0) is 4.79 Å². The Kier molecular flexibility index (Phi) is 5.82. The molecule has 1 aliphatic heterocycles. The van der Waals surface area contributed by atoms with Crippen LogP contribution >= 0.6 is 15.9 Å². The van der Waals surface area contributed by atoms with E-state index in [2.05, 4.69) is 31.5 Å². The lowest BCUT2D eigenvalue weighted by Gasteiger charge is -2.18. The maximum atomic E-state index is 12.1. The van der Waals surface area contributed by atoms with Crippen molar-refractivity contribution in [2.24, 2.45) is 0 Å². The summed E-state index contributed by atoms with van der Waals surface area (Å²) in [6.45, 7) is 4.27. The number of amides is 1. The summed E-state index contributed by atoms with van der Waals surface area (Å²) in [5.74, 6) is 0.723. The molecule has 1 aliphatic rings. The van der Waals surface area contributed by atoms with Crippen molar-refractivity contribution in [3.63, 3.8) is 0 Å². The van der Waals surface area contributed by atoms with E-state index in [1.54, 1.807) is 7.11 Å². The monoisotopic (exact) mass is 341 g/mol. The fourth-order valence-corrected chi connectivity index (χ4v) is 2.69. The number of hydrogen-bond acceptors (Lipinski definition) is 4. The minimum atomic E-state index is 0.00653. The average Bonchev–Trinajstić information content (AvgIpc) is 2.66. The lowest BCUT2D eigenvalue weighted by Crippen LogP contribution is -2.35. The zero-order chi connectivity index (χ0) is 14.4. The highest BCUT2D eigenvalue weighted by Crippen LogP contribution is 2.24. The first-order valence-corrected chi connectivity index (χ1v) is 7.54. The highest BCUT2D eigenvalue weighted by atomic mass is 79.9. The molecule has 0 atom stereocenters. The Labute approximate surface area is 127 Å². The van der Waals surface area contributed by atoms with Gasteiger partial charge in [0.2, 0.25) is 5.91 Å². The summed E-state index contributed by atoms with van der Waals surface area (Å²) < 4.78 is 6.06. The molecule has 0 unspecified atom stereocenters. The third-order valence-electron chi connectivity index (χ3n) is 3.19. The quantitative estimate of drug-likeness (QED) is 0.875. The zero-order valence-electron chi connectivity index (χ0n) is 11.6. The van der Waals surface area contributed by atoms with Gasteiger partial charge >= 0.3 is 0 Å². The first-order valence-electron chi connectivity index (χ1n) is 6.75. The van der Waals surface area contributed by atoms with Gasteiger partial charge in [-0.05, 0) is 31.6 Å². The van der Waals surface area contributed by atoms with E-state index in [9.17, 15) is 4.79 Å². The van der Waals surface area contributed by atoms with Crippen LogP contribution in [0.5, 0.6) is 5.75 Å². The molecule has 110 valence electrons. The van der Waals surface area contributed by atoms with Gasteiger partial charge in [-0.1, -0.05) is 15.9 Å². The van der Waals surface area contributed by atoms with Gasteiger partial charge < -0.3 is 15.4 Å². The van der Waals surface area contributed by atoms with Crippen LogP contribution in [0.3, 0.4) is 0 Å². The van der Waals surface area contributed by atoms with Crippen molar-refractivity contribution in [3.05, 3.63) is 22.7 Å². The molecule has 20 heavy (non-hydrogen) atoms. The number of nitrogens with zero attached hydrogens (tertiary/aromatic N) is 1. The summed E-state index contributed by atoms with van der Waals surface area (Å²) in [5, 5.41) is 6.24. The van der Waals surface area contributed by atoms with E-state index in [1.807, 2.05) is 18.2 Å². The fourth-order valence-electron chi connectivity index (χ4n) is 2.22. The molecule has 6 heteroatoms. The number of methoxy groups -OCH3 is 1. The Morgan fingerprint density at radius 1 is 1.40 bits per heavy atom. The Balaban J connectivity index is 1.91. The van der Waals surface area contributed by atoms with Crippen LogP contribution in [0.1, 0.15) is 6.42 Å². The van der Waals surface area contributed by atoms with Gasteiger partial charge in [0, 0.05) is 29.3 Å². The Hall–Kier alpha value is -1.11. The Bertz CT molecular complexity index is 460. The molecule has 0 radical (unpaired) electrons. The number of nitrogens with one attached hydrogen (secondary N) is 2. The van der Waals surface area contributed by atoms with Crippen LogP contribution in [0.15, 0.2) is 22.7 Å². The van der Waals surface area contributed by atoms with Gasteiger partial charge in [-0.25, -0.2) is 0 Å². The molecule has 0 saturated carbocycles. The SMILES string of the molecule is COc1cc(Br)cc(NC(=O)CN2CCCNCC2)c1. The highest BCUT2D eigenvalue weighted by Gasteiger charge is 2.13. The number of carbonyl (C=O) groups excluding carboxylic acids is 1. The van der Waals surface area contributed by atoms with Crippen LogP contribution in [0.4, 0.5) is 5.69 Å². The summed E-state index contributed by atoms with van der Waals surface area (Å²) in [6, 6.07) is 5.53. The Morgan fingerprint density at radius 3 is 3.05 bits per heavy atom. The van der Waals surface area contributed by atoms with Gasteiger partial charge in [-0.3, -0.25) is 9.69 Å². The molecule has 2 N–H and O–H groups in total. The normalized spacial score (nSPS) is 16.5. The zero-order valence-corrected chi connectivity index (χ0v) is 13.2. The van der Waals surface area contributed by atoms with Crippen molar-refractivity contribution >= 4 is 27.5 Å². The smallest absolute Gasteiger partial charge is 0.238 e. The van der Waals surface area contributed by atoms with Gasteiger partial charge in [0.15, 0.2) is 0 Å². The molecule has 2 rings (SSSR count). The molecule has 1 amide bonds. The van der Waals surface area contributed by atoms with E-state index < -0.39 is 0 Å². The lowest BCUT2D eigenvalue weighted by molar-refractivity contribution is -0.117. The van der Waals surface area contributed by atoms with E-state index in [4.69, 9.17) is 4.74 Å². The maximum absolute atomic E-state index is 12.1. The molecule has 0 aliphatic carbocycles. The van der Waals surface area contributed by atoms with Crippen molar-refractivity contribution < 1.29 is 9.53 Å².